The summed E-state index contributed by atoms with van der Waals surface area (Å²) in [5.74, 6) is 1.57. The Morgan fingerprint density at radius 1 is 1.06 bits per heavy atom. The second-order valence-corrected chi connectivity index (χ2v) is 6.29. The largest absolute Gasteiger partial charge is 0.377 e. The van der Waals surface area contributed by atoms with Crippen molar-refractivity contribution in [2.75, 3.05) is 6.61 Å². The van der Waals surface area contributed by atoms with Crippen molar-refractivity contribution < 1.29 is 4.74 Å². The van der Waals surface area contributed by atoms with E-state index in [1.54, 1.807) is 0 Å². The van der Waals surface area contributed by atoms with Crippen LogP contribution in [0.25, 0.3) is 0 Å². The van der Waals surface area contributed by atoms with Gasteiger partial charge in [0.05, 0.1) is 12.7 Å². The van der Waals surface area contributed by atoms with E-state index in [4.69, 9.17) is 10.5 Å². The Hall–Kier alpha value is -0.0800. The Morgan fingerprint density at radius 3 is 2.53 bits per heavy atom. The fraction of sp³-hybridized carbons (Fsp3) is 1.00. The summed E-state index contributed by atoms with van der Waals surface area (Å²) in [7, 11) is 0. The van der Waals surface area contributed by atoms with Crippen LogP contribution in [0.3, 0.4) is 0 Å². The van der Waals surface area contributed by atoms with Gasteiger partial charge < -0.3 is 10.5 Å². The third-order valence-corrected chi connectivity index (χ3v) is 4.67. The zero-order valence-corrected chi connectivity index (χ0v) is 11.4. The summed E-state index contributed by atoms with van der Waals surface area (Å²) in [4.78, 5) is 0. The van der Waals surface area contributed by atoms with Crippen molar-refractivity contribution in [3.05, 3.63) is 0 Å². The summed E-state index contributed by atoms with van der Waals surface area (Å²) in [5.41, 5.74) is 6.28. The maximum Gasteiger partial charge on any atom is 0.0623 e. The van der Waals surface area contributed by atoms with Crippen molar-refractivity contribution in [2.24, 2.45) is 17.6 Å². The lowest BCUT2D eigenvalue weighted by atomic mass is 9.84. The molecule has 0 radical (unpaired) electrons. The van der Waals surface area contributed by atoms with E-state index >= 15 is 0 Å². The molecule has 3 unspecified atom stereocenters. The molecule has 0 heterocycles. The van der Waals surface area contributed by atoms with Gasteiger partial charge in [0.15, 0.2) is 0 Å². The predicted octanol–water partition coefficient (Wildman–Crippen LogP) is 3.49. The highest BCUT2D eigenvalue weighted by Crippen LogP contribution is 2.28. The van der Waals surface area contributed by atoms with Crippen LogP contribution in [-0.2, 0) is 4.74 Å². The van der Waals surface area contributed by atoms with Crippen molar-refractivity contribution in [3.8, 4) is 0 Å². The number of rotatable bonds is 4. The Balaban J connectivity index is 1.66. The lowest BCUT2D eigenvalue weighted by Crippen LogP contribution is -2.38. The van der Waals surface area contributed by atoms with Crippen molar-refractivity contribution in [1.29, 1.82) is 0 Å². The highest BCUT2D eigenvalue weighted by atomic mass is 16.5. The zero-order chi connectivity index (χ0) is 12.1. The van der Waals surface area contributed by atoms with Gasteiger partial charge in [0, 0.05) is 6.04 Å². The predicted molar refractivity (Wildman–Crippen MR) is 71.9 cm³/mol. The third kappa shape index (κ3) is 4.26. The highest BCUT2D eigenvalue weighted by Gasteiger charge is 2.24. The molecular formula is C15H29NO. The Labute approximate surface area is 106 Å². The Bertz CT molecular complexity index is 213. The minimum Gasteiger partial charge on any atom is -0.377 e. The average Bonchev–Trinajstić information content (AvgIpc) is 2.37. The second-order valence-electron chi connectivity index (χ2n) is 6.29. The summed E-state index contributed by atoms with van der Waals surface area (Å²) in [5, 5.41) is 0. The molecule has 0 aliphatic heterocycles. The van der Waals surface area contributed by atoms with Crippen molar-refractivity contribution in [3.63, 3.8) is 0 Å². The molecule has 0 spiro atoms. The molecule has 2 fully saturated rings. The van der Waals surface area contributed by atoms with E-state index in [2.05, 4.69) is 6.92 Å². The summed E-state index contributed by atoms with van der Waals surface area (Å²) in [6.45, 7) is 3.14. The molecule has 2 nitrogen and oxygen atoms in total. The summed E-state index contributed by atoms with van der Waals surface area (Å²) in [6.07, 6.45) is 12.5. The molecule has 0 aromatic rings. The van der Waals surface area contributed by atoms with Gasteiger partial charge in [-0.2, -0.15) is 0 Å². The molecule has 2 aliphatic rings. The lowest BCUT2D eigenvalue weighted by molar-refractivity contribution is -0.000341. The summed E-state index contributed by atoms with van der Waals surface area (Å²) >= 11 is 0. The minimum absolute atomic E-state index is 0.285. The van der Waals surface area contributed by atoms with Gasteiger partial charge in [-0.25, -0.2) is 0 Å². The van der Waals surface area contributed by atoms with E-state index < -0.39 is 0 Å². The molecule has 0 aromatic heterocycles. The van der Waals surface area contributed by atoms with Crippen LogP contribution in [0.5, 0.6) is 0 Å². The smallest absolute Gasteiger partial charge is 0.0623 e. The van der Waals surface area contributed by atoms with Gasteiger partial charge in [0.25, 0.3) is 0 Å². The molecule has 0 aromatic carbocycles. The van der Waals surface area contributed by atoms with E-state index in [1.165, 1.54) is 57.8 Å². The van der Waals surface area contributed by atoms with Crippen LogP contribution < -0.4 is 5.73 Å². The molecule has 2 rings (SSSR count). The number of ether oxygens (including phenoxy) is 1. The lowest BCUT2D eigenvalue weighted by Gasteiger charge is -2.31. The average molecular weight is 239 g/mol. The number of hydrogen-bond acceptors (Lipinski definition) is 2. The van der Waals surface area contributed by atoms with E-state index in [0.717, 1.165) is 18.4 Å². The first-order chi connectivity index (χ1) is 8.25. The summed E-state index contributed by atoms with van der Waals surface area (Å²) in [6, 6.07) is 0.285. The molecule has 3 atom stereocenters. The molecule has 2 N–H and O–H groups in total. The molecular weight excluding hydrogens is 210 g/mol. The standard InChI is InChI=1S/C15H29NO/c1-12-6-5-9-14(10-12)17-11-15(16)13-7-3-2-4-8-13/h12-15H,2-11,16H2,1H3. The van der Waals surface area contributed by atoms with Crippen LogP contribution in [0.2, 0.25) is 0 Å². The summed E-state index contributed by atoms with van der Waals surface area (Å²) < 4.78 is 6.04. The van der Waals surface area contributed by atoms with Gasteiger partial charge in [0.1, 0.15) is 0 Å². The molecule has 17 heavy (non-hydrogen) atoms. The molecule has 0 saturated heterocycles. The first-order valence-corrected chi connectivity index (χ1v) is 7.63. The Morgan fingerprint density at radius 2 is 1.82 bits per heavy atom. The molecule has 0 amide bonds. The number of hydrogen-bond donors (Lipinski definition) is 1. The monoisotopic (exact) mass is 239 g/mol. The second kappa shape index (κ2) is 6.75. The van der Waals surface area contributed by atoms with Gasteiger partial charge in [0.2, 0.25) is 0 Å². The van der Waals surface area contributed by atoms with E-state index in [0.29, 0.717) is 6.10 Å². The highest BCUT2D eigenvalue weighted by molar-refractivity contribution is 4.77. The minimum atomic E-state index is 0.285. The Kier molecular flexibility index (Phi) is 5.30. The maximum atomic E-state index is 6.28. The third-order valence-electron chi connectivity index (χ3n) is 4.67. The van der Waals surface area contributed by atoms with Crippen molar-refractivity contribution >= 4 is 0 Å². The van der Waals surface area contributed by atoms with Crippen LogP contribution in [0, 0.1) is 11.8 Å². The van der Waals surface area contributed by atoms with Crippen LogP contribution in [0.4, 0.5) is 0 Å². The molecule has 100 valence electrons. The van der Waals surface area contributed by atoms with Crippen LogP contribution in [0.1, 0.15) is 64.7 Å². The fourth-order valence-electron chi connectivity index (χ4n) is 3.48. The van der Waals surface area contributed by atoms with Crippen molar-refractivity contribution in [2.45, 2.75) is 76.9 Å². The topological polar surface area (TPSA) is 35.2 Å². The van der Waals surface area contributed by atoms with Crippen molar-refractivity contribution in [1.82, 2.24) is 0 Å². The SMILES string of the molecule is CC1CCCC(OCC(N)C2CCCCC2)C1. The first-order valence-electron chi connectivity index (χ1n) is 7.63. The van der Waals surface area contributed by atoms with Crippen LogP contribution in [-0.4, -0.2) is 18.8 Å². The fourth-order valence-corrected chi connectivity index (χ4v) is 3.48. The normalized spacial score (nSPS) is 33.5. The quantitative estimate of drug-likeness (QED) is 0.815. The number of nitrogens with two attached hydrogens (primary N) is 1. The van der Waals surface area contributed by atoms with Gasteiger partial charge in [-0.1, -0.05) is 39.0 Å². The molecule has 2 heteroatoms. The van der Waals surface area contributed by atoms with Crippen LogP contribution >= 0.6 is 0 Å². The van der Waals surface area contributed by atoms with Gasteiger partial charge in [-0.05, 0) is 37.5 Å². The van der Waals surface area contributed by atoms with E-state index in [-0.39, 0.29) is 6.04 Å². The zero-order valence-electron chi connectivity index (χ0n) is 11.4. The molecule has 2 aliphatic carbocycles. The van der Waals surface area contributed by atoms with Crippen LogP contribution in [0.15, 0.2) is 0 Å². The van der Waals surface area contributed by atoms with Gasteiger partial charge in [-0.3, -0.25) is 0 Å². The van der Waals surface area contributed by atoms with E-state index in [1.807, 2.05) is 0 Å². The first kappa shape index (κ1) is 13.4. The van der Waals surface area contributed by atoms with E-state index in [9.17, 15) is 0 Å². The molecule has 2 saturated carbocycles. The van der Waals surface area contributed by atoms with Gasteiger partial charge >= 0.3 is 0 Å². The molecule has 0 bridgehead atoms. The van der Waals surface area contributed by atoms with Gasteiger partial charge in [-0.15, -0.1) is 0 Å². The maximum absolute atomic E-state index is 6.28.